The first-order chi connectivity index (χ1) is 9.14. The van der Waals surface area contributed by atoms with Gasteiger partial charge < -0.3 is 9.47 Å². The number of ether oxygens (including phenoxy) is 2. The molecule has 0 atom stereocenters. The second-order valence-corrected chi connectivity index (χ2v) is 5.60. The Morgan fingerprint density at radius 2 is 1.70 bits per heavy atom. The lowest BCUT2D eigenvalue weighted by atomic mass is 10.0. The molecule has 110 valence electrons. The molecular formula is C15H21NO4. The Balaban J connectivity index is 2.96. The molecule has 0 spiro atoms. The number of hydrogen-bond donors (Lipinski definition) is 1. The van der Waals surface area contributed by atoms with E-state index in [0.29, 0.717) is 11.3 Å². The zero-order valence-electron chi connectivity index (χ0n) is 12.8. The first-order valence-corrected chi connectivity index (χ1v) is 6.33. The molecule has 0 aliphatic carbocycles. The maximum Gasteiger partial charge on any atom is 0.412 e. The number of carbonyl (C=O) groups excluding carboxylic acids is 2. The molecule has 1 rings (SSSR count). The SMILES string of the molecule is COC(=O)c1cc(C)c(NC(=O)OC(C)(C)C)cc1C. The van der Waals surface area contributed by atoms with Gasteiger partial charge in [-0.3, -0.25) is 5.32 Å². The molecule has 0 radical (unpaired) electrons. The van der Waals surface area contributed by atoms with Crippen molar-refractivity contribution in [1.82, 2.24) is 0 Å². The summed E-state index contributed by atoms with van der Waals surface area (Å²) in [5.74, 6) is -0.394. The number of amides is 1. The summed E-state index contributed by atoms with van der Waals surface area (Å²) in [5.41, 5.74) is 2.04. The first-order valence-electron chi connectivity index (χ1n) is 6.33. The molecule has 0 fully saturated rings. The number of esters is 1. The number of anilines is 1. The molecule has 0 aromatic heterocycles. The van der Waals surface area contributed by atoms with E-state index in [1.54, 1.807) is 46.8 Å². The van der Waals surface area contributed by atoms with E-state index in [0.717, 1.165) is 11.1 Å². The standard InChI is InChI=1S/C15H21NO4/c1-9-8-12(16-14(18)20-15(3,4)5)10(2)7-11(9)13(17)19-6/h7-8H,1-6H3,(H,16,18). The smallest absolute Gasteiger partial charge is 0.412 e. The second-order valence-electron chi connectivity index (χ2n) is 5.60. The Morgan fingerprint density at radius 3 is 2.20 bits per heavy atom. The van der Waals surface area contributed by atoms with Crippen molar-refractivity contribution in [3.8, 4) is 0 Å². The Bertz CT molecular complexity index is 529. The number of methoxy groups -OCH3 is 1. The van der Waals surface area contributed by atoms with Gasteiger partial charge in [0.05, 0.1) is 12.7 Å². The third-order valence-corrected chi connectivity index (χ3v) is 2.61. The molecule has 1 N–H and O–H groups in total. The van der Waals surface area contributed by atoms with Crippen molar-refractivity contribution in [2.75, 3.05) is 12.4 Å². The van der Waals surface area contributed by atoms with Crippen molar-refractivity contribution >= 4 is 17.7 Å². The third-order valence-electron chi connectivity index (χ3n) is 2.61. The molecule has 0 unspecified atom stereocenters. The van der Waals surface area contributed by atoms with Gasteiger partial charge in [-0.05, 0) is 57.9 Å². The quantitative estimate of drug-likeness (QED) is 0.842. The van der Waals surface area contributed by atoms with Gasteiger partial charge in [-0.25, -0.2) is 9.59 Å². The lowest BCUT2D eigenvalue weighted by Crippen LogP contribution is -2.27. The van der Waals surface area contributed by atoms with Gasteiger partial charge in [0.2, 0.25) is 0 Å². The van der Waals surface area contributed by atoms with E-state index in [1.165, 1.54) is 7.11 Å². The summed E-state index contributed by atoms with van der Waals surface area (Å²) in [7, 11) is 1.34. The number of benzene rings is 1. The fourth-order valence-electron chi connectivity index (χ4n) is 1.69. The van der Waals surface area contributed by atoms with Crippen LogP contribution >= 0.6 is 0 Å². The third kappa shape index (κ3) is 4.26. The van der Waals surface area contributed by atoms with Crippen LogP contribution in [0.4, 0.5) is 10.5 Å². The summed E-state index contributed by atoms with van der Waals surface area (Å²) >= 11 is 0. The normalized spacial score (nSPS) is 10.9. The van der Waals surface area contributed by atoms with Crippen LogP contribution in [0.25, 0.3) is 0 Å². The molecule has 1 aromatic rings. The summed E-state index contributed by atoms with van der Waals surface area (Å²) in [6, 6.07) is 3.42. The van der Waals surface area contributed by atoms with Gasteiger partial charge in [0.1, 0.15) is 5.60 Å². The molecule has 0 saturated carbocycles. The highest BCUT2D eigenvalue weighted by molar-refractivity contribution is 5.93. The van der Waals surface area contributed by atoms with Crippen LogP contribution in [-0.2, 0) is 9.47 Å². The van der Waals surface area contributed by atoms with Gasteiger partial charge in [-0.15, -0.1) is 0 Å². The molecule has 1 aromatic carbocycles. The predicted octanol–water partition coefficient (Wildman–Crippen LogP) is 3.44. The largest absolute Gasteiger partial charge is 0.465 e. The van der Waals surface area contributed by atoms with Gasteiger partial charge in [-0.2, -0.15) is 0 Å². The highest BCUT2D eigenvalue weighted by Crippen LogP contribution is 2.22. The topological polar surface area (TPSA) is 64.6 Å². The van der Waals surface area contributed by atoms with E-state index in [1.807, 2.05) is 0 Å². The maximum absolute atomic E-state index is 11.7. The van der Waals surface area contributed by atoms with Crippen LogP contribution in [0.1, 0.15) is 42.3 Å². The number of hydrogen-bond acceptors (Lipinski definition) is 4. The summed E-state index contributed by atoms with van der Waals surface area (Å²) < 4.78 is 9.90. The van der Waals surface area contributed by atoms with E-state index in [-0.39, 0.29) is 0 Å². The molecule has 0 bridgehead atoms. The Hall–Kier alpha value is -2.04. The molecular weight excluding hydrogens is 258 g/mol. The van der Waals surface area contributed by atoms with Crippen molar-refractivity contribution in [2.45, 2.75) is 40.2 Å². The van der Waals surface area contributed by atoms with Crippen LogP contribution in [0.3, 0.4) is 0 Å². The lowest BCUT2D eigenvalue weighted by Gasteiger charge is -2.20. The summed E-state index contributed by atoms with van der Waals surface area (Å²) in [6.45, 7) is 8.98. The minimum absolute atomic E-state index is 0.394. The Labute approximate surface area is 119 Å². The van der Waals surface area contributed by atoms with Crippen molar-refractivity contribution in [2.24, 2.45) is 0 Å². The number of rotatable bonds is 2. The van der Waals surface area contributed by atoms with Crippen LogP contribution < -0.4 is 5.32 Å². The van der Waals surface area contributed by atoms with E-state index in [2.05, 4.69) is 5.32 Å². The first kappa shape index (κ1) is 16.0. The fourth-order valence-corrected chi connectivity index (χ4v) is 1.69. The van der Waals surface area contributed by atoms with Crippen LogP contribution in [0.15, 0.2) is 12.1 Å². The van der Waals surface area contributed by atoms with E-state index in [4.69, 9.17) is 9.47 Å². The van der Waals surface area contributed by atoms with Crippen LogP contribution in [0, 0.1) is 13.8 Å². The highest BCUT2D eigenvalue weighted by atomic mass is 16.6. The monoisotopic (exact) mass is 279 g/mol. The van der Waals surface area contributed by atoms with Crippen LogP contribution in [0.2, 0.25) is 0 Å². The average Bonchev–Trinajstić information content (AvgIpc) is 2.30. The van der Waals surface area contributed by atoms with Crippen molar-refractivity contribution in [3.05, 3.63) is 28.8 Å². The summed E-state index contributed by atoms with van der Waals surface area (Å²) in [6.07, 6.45) is -0.522. The molecule has 1 amide bonds. The van der Waals surface area contributed by atoms with Crippen LogP contribution in [-0.4, -0.2) is 24.8 Å². The van der Waals surface area contributed by atoms with Crippen molar-refractivity contribution in [3.63, 3.8) is 0 Å². The minimum atomic E-state index is -0.557. The molecule has 0 aliphatic rings. The van der Waals surface area contributed by atoms with Gasteiger partial charge in [-0.1, -0.05) is 0 Å². The molecule has 5 nitrogen and oxygen atoms in total. The maximum atomic E-state index is 11.7. The number of carbonyl (C=O) groups is 2. The average molecular weight is 279 g/mol. The van der Waals surface area contributed by atoms with Gasteiger partial charge >= 0.3 is 12.1 Å². The summed E-state index contributed by atoms with van der Waals surface area (Å²) in [5, 5.41) is 2.68. The number of nitrogens with one attached hydrogen (secondary N) is 1. The van der Waals surface area contributed by atoms with E-state index in [9.17, 15) is 9.59 Å². The molecule has 5 heteroatoms. The Morgan fingerprint density at radius 1 is 1.10 bits per heavy atom. The Kier molecular flexibility index (Phi) is 4.76. The highest BCUT2D eigenvalue weighted by Gasteiger charge is 2.18. The van der Waals surface area contributed by atoms with Gasteiger partial charge in [0.25, 0.3) is 0 Å². The van der Waals surface area contributed by atoms with Gasteiger partial charge in [0, 0.05) is 5.69 Å². The number of aryl methyl sites for hydroxylation is 2. The zero-order valence-corrected chi connectivity index (χ0v) is 12.8. The van der Waals surface area contributed by atoms with E-state index >= 15 is 0 Å². The zero-order chi connectivity index (χ0) is 15.5. The minimum Gasteiger partial charge on any atom is -0.465 e. The van der Waals surface area contributed by atoms with E-state index < -0.39 is 17.7 Å². The lowest BCUT2D eigenvalue weighted by molar-refractivity contribution is 0.0598. The van der Waals surface area contributed by atoms with Crippen molar-refractivity contribution in [1.29, 1.82) is 0 Å². The van der Waals surface area contributed by atoms with Gasteiger partial charge in [0.15, 0.2) is 0 Å². The van der Waals surface area contributed by atoms with Crippen LogP contribution in [0.5, 0.6) is 0 Å². The molecule has 20 heavy (non-hydrogen) atoms. The van der Waals surface area contributed by atoms with Crippen molar-refractivity contribution < 1.29 is 19.1 Å². The summed E-state index contributed by atoms with van der Waals surface area (Å²) in [4.78, 5) is 23.3. The molecule has 0 heterocycles. The fraction of sp³-hybridized carbons (Fsp3) is 0.467. The molecule has 0 aliphatic heterocycles. The molecule has 0 saturated heterocycles. The second kappa shape index (κ2) is 5.94. The predicted molar refractivity (Wildman–Crippen MR) is 77.1 cm³/mol.